The fourth-order valence-electron chi connectivity index (χ4n) is 1.86. The molecule has 0 heterocycles. The third-order valence-corrected chi connectivity index (χ3v) is 4.41. The maximum absolute atomic E-state index is 6.21. The molecule has 2 rings (SSSR count). The monoisotopic (exact) mass is 357 g/mol. The van der Waals surface area contributed by atoms with Crippen LogP contribution in [-0.2, 0) is 0 Å². The Labute approximate surface area is 132 Å². The van der Waals surface area contributed by atoms with E-state index in [1.807, 2.05) is 12.1 Å². The second-order valence-corrected chi connectivity index (χ2v) is 6.19. The fraction of sp³-hybridized carbons (Fsp3) is 0.200. The highest BCUT2D eigenvalue weighted by Gasteiger charge is 2.10. The Hall–Kier alpha value is -0.700. The molecule has 0 fully saturated rings. The van der Waals surface area contributed by atoms with Crippen LogP contribution in [0.5, 0.6) is 0 Å². The van der Waals surface area contributed by atoms with Gasteiger partial charge < -0.3 is 5.32 Å². The van der Waals surface area contributed by atoms with E-state index >= 15 is 0 Å². The van der Waals surface area contributed by atoms with Gasteiger partial charge in [0.25, 0.3) is 0 Å². The molecular weight excluding hydrogens is 345 g/mol. The highest BCUT2D eigenvalue weighted by molar-refractivity contribution is 9.10. The normalized spacial score (nSPS) is 12.3. The predicted molar refractivity (Wildman–Crippen MR) is 87.4 cm³/mol. The summed E-state index contributed by atoms with van der Waals surface area (Å²) in [4.78, 5) is 0. The van der Waals surface area contributed by atoms with Crippen molar-refractivity contribution < 1.29 is 0 Å². The lowest BCUT2D eigenvalue weighted by molar-refractivity contribution is 0.885. The minimum absolute atomic E-state index is 0.0841. The van der Waals surface area contributed by atoms with Crippen molar-refractivity contribution in [3.05, 3.63) is 62.0 Å². The van der Waals surface area contributed by atoms with Crippen LogP contribution < -0.4 is 5.32 Å². The smallest absolute Gasteiger partial charge is 0.0500 e. The van der Waals surface area contributed by atoms with E-state index in [0.717, 1.165) is 20.7 Å². The summed E-state index contributed by atoms with van der Waals surface area (Å²) in [6, 6.07) is 11.8. The molecule has 0 amide bonds. The van der Waals surface area contributed by atoms with E-state index in [9.17, 15) is 0 Å². The summed E-state index contributed by atoms with van der Waals surface area (Å²) in [5.41, 5.74) is 3.24. The summed E-state index contributed by atoms with van der Waals surface area (Å²) in [5, 5.41) is 4.83. The quantitative estimate of drug-likeness (QED) is 0.684. The van der Waals surface area contributed by atoms with Crippen LogP contribution in [0.2, 0.25) is 10.0 Å². The van der Waals surface area contributed by atoms with Crippen LogP contribution in [0, 0.1) is 6.92 Å². The van der Waals surface area contributed by atoms with E-state index in [0.29, 0.717) is 5.02 Å². The van der Waals surface area contributed by atoms with E-state index in [1.165, 1.54) is 5.56 Å². The Morgan fingerprint density at radius 1 is 1.11 bits per heavy atom. The van der Waals surface area contributed by atoms with Crippen molar-refractivity contribution in [2.45, 2.75) is 19.9 Å². The lowest BCUT2D eigenvalue weighted by Gasteiger charge is -2.18. The van der Waals surface area contributed by atoms with Gasteiger partial charge in [-0.25, -0.2) is 0 Å². The van der Waals surface area contributed by atoms with Gasteiger partial charge in [0.2, 0.25) is 0 Å². The number of hydrogen-bond donors (Lipinski definition) is 1. The number of benzene rings is 2. The average Bonchev–Trinajstić information content (AvgIpc) is 2.36. The summed E-state index contributed by atoms with van der Waals surface area (Å²) in [6.07, 6.45) is 0. The summed E-state index contributed by atoms with van der Waals surface area (Å²) >= 11 is 15.8. The van der Waals surface area contributed by atoms with Crippen LogP contribution in [0.15, 0.2) is 40.9 Å². The highest BCUT2D eigenvalue weighted by Crippen LogP contribution is 2.29. The van der Waals surface area contributed by atoms with Crippen molar-refractivity contribution in [2.24, 2.45) is 0 Å². The molecule has 1 unspecified atom stereocenters. The van der Waals surface area contributed by atoms with E-state index in [4.69, 9.17) is 23.2 Å². The Bertz CT molecular complexity index is 599. The zero-order chi connectivity index (χ0) is 14.0. The standard InChI is InChI=1S/C15H14BrCl2N/c1-9-3-5-12(8-14(9)16)19-10(2)13-7-11(17)4-6-15(13)18/h3-8,10,19H,1-2H3. The first kappa shape index (κ1) is 14.7. The molecule has 0 saturated heterocycles. The number of aryl methyl sites for hydroxylation is 1. The van der Waals surface area contributed by atoms with Crippen molar-refractivity contribution in [3.63, 3.8) is 0 Å². The minimum Gasteiger partial charge on any atom is -0.378 e. The lowest BCUT2D eigenvalue weighted by Crippen LogP contribution is -2.07. The first-order valence-corrected chi connectivity index (χ1v) is 7.50. The van der Waals surface area contributed by atoms with E-state index in [2.05, 4.69) is 53.3 Å². The molecule has 100 valence electrons. The number of rotatable bonds is 3. The molecule has 0 aliphatic rings. The minimum atomic E-state index is 0.0841. The molecule has 19 heavy (non-hydrogen) atoms. The second-order valence-electron chi connectivity index (χ2n) is 4.50. The maximum atomic E-state index is 6.21. The van der Waals surface area contributed by atoms with Gasteiger partial charge in [-0.1, -0.05) is 45.2 Å². The molecule has 0 aromatic heterocycles. The molecule has 2 aromatic rings. The van der Waals surface area contributed by atoms with Gasteiger partial charge >= 0.3 is 0 Å². The van der Waals surface area contributed by atoms with Crippen LogP contribution in [-0.4, -0.2) is 0 Å². The molecule has 4 heteroatoms. The summed E-state index contributed by atoms with van der Waals surface area (Å²) in [6.45, 7) is 4.12. The zero-order valence-corrected chi connectivity index (χ0v) is 13.8. The SMILES string of the molecule is Cc1ccc(NC(C)c2cc(Cl)ccc2Cl)cc1Br. The van der Waals surface area contributed by atoms with Crippen molar-refractivity contribution in [1.82, 2.24) is 0 Å². The van der Waals surface area contributed by atoms with Crippen LogP contribution in [0.1, 0.15) is 24.1 Å². The summed E-state index contributed by atoms with van der Waals surface area (Å²) in [7, 11) is 0. The van der Waals surface area contributed by atoms with Crippen molar-refractivity contribution in [1.29, 1.82) is 0 Å². The van der Waals surface area contributed by atoms with Gasteiger partial charge in [0.15, 0.2) is 0 Å². The lowest BCUT2D eigenvalue weighted by atomic mass is 10.1. The van der Waals surface area contributed by atoms with Crippen LogP contribution >= 0.6 is 39.1 Å². The fourth-order valence-corrected chi connectivity index (χ4v) is 2.70. The van der Waals surface area contributed by atoms with Gasteiger partial charge in [-0.05, 0) is 55.3 Å². The Kier molecular flexibility index (Phi) is 4.77. The highest BCUT2D eigenvalue weighted by atomic mass is 79.9. The molecule has 2 aromatic carbocycles. The Morgan fingerprint density at radius 3 is 2.53 bits per heavy atom. The van der Waals surface area contributed by atoms with Gasteiger partial charge in [0.1, 0.15) is 0 Å². The Morgan fingerprint density at radius 2 is 1.84 bits per heavy atom. The van der Waals surface area contributed by atoms with Crippen LogP contribution in [0.25, 0.3) is 0 Å². The summed E-state index contributed by atoms with van der Waals surface area (Å²) in [5.74, 6) is 0. The predicted octanol–water partition coefficient (Wildman–Crippen LogP) is 6.24. The first-order chi connectivity index (χ1) is 8.97. The second kappa shape index (κ2) is 6.17. The third kappa shape index (κ3) is 3.65. The molecule has 1 N–H and O–H groups in total. The number of nitrogens with one attached hydrogen (secondary N) is 1. The number of halogens is 3. The maximum Gasteiger partial charge on any atom is 0.0500 e. The average molecular weight is 359 g/mol. The van der Waals surface area contributed by atoms with Gasteiger partial charge in [-0.3, -0.25) is 0 Å². The number of hydrogen-bond acceptors (Lipinski definition) is 1. The van der Waals surface area contributed by atoms with Gasteiger partial charge in [-0.15, -0.1) is 0 Å². The molecule has 0 radical (unpaired) electrons. The van der Waals surface area contributed by atoms with E-state index in [-0.39, 0.29) is 6.04 Å². The van der Waals surface area contributed by atoms with Crippen LogP contribution in [0.4, 0.5) is 5.69 Å². The molecule has 0 aliphatic heterocycles. The van der Waals surface area contributed by atoms with Crippen LogP contribution in [0.3, 0.4) is 0 Å². The molecular formula is C15H14BrCl2N. The molecule has 0 spiro atoms. The molecule has 0 aliphatic carbocycles. The van der Waals surface area contributed by atoms with Gasteiger partial charge in [0, 0.05) is 20.2 Å². The zero-order valence-electron chi connectivity index (χ0n) is 10.7. The summed E-state index contributed by atoms with van der Waals surface area (Å²) < 4.78 is 1.09. The number of anilines is 1. The molecule has 0 bridgehead atoms. The van der Waals surface area contributed by atoms with Crippen molar-refractivity contribution in [3.8, 4) is 0 Å². The molecule has 1 nitrogen and oxygen atoms in total. The van der Waals surface area contributed by atoms with E-state index in [1.54, 1.807) is 6.07 Å². The van der Waals surface area contributed by atoms with E-state index < -0.39 is 0 Å². The van der Waals surface area contributed by atoms with Crippen molar-refractivity contribution in [2.75, 3.05) is 5.32 Å². The first-order valence-electron chi connectivity index (χ1n) is 5.95. The molecule has 0 saturated carbocycles. The topological polar surface area (TPSA) is 12.0 Å². The Balaban J connectivity index is 2.22. The molecule has 1 atom stereocenters. The largest absolute Gasteiger partial charge is 0.378 e. The van der Waals surface area contributed by atoms with Crippen molar-refractivity contribution >= 4 is 44.8 Å². The van der Waals surface area contributed by atoms with Gasteiger partial charge in [0.05, 0.1) is 6.04 Å². The van der Waals surface area contributed by atoms with Gasteiger partial charge in [-0.2, -0.15) is 0 Å². The third-order valence-electron chi connectivity index (χ3n) is 2.98.